The molecule has 0 atom stereocenters. The highest BCUT2D eigenvalue weighted by Crippen LogP contribution is 2.24. The predicted octanol–water partition coefficient (Wildman–Crippen LogP) is 3.65. The summed E-state index contributed by atoms with van der Waals surface area (Å²) in [6.45, 7) is 4.17. The zero-order valence-corrected chi connectivity index (χ0v) is 13.0. The standard InChI is InChI=1S/C17H20N2O3/c1-4-13-10-14(16(22-3)18-12(13)2)11-19(17(20)21)15-8-6-5-7-9-15/h5-10H,4,11H2,1-3H3,(H,20,21). The molecule has 2 rings (SSSR count). The van der Waals surface area contributed by atoms with E-state index < -0.39 is 6.09 Å². The Labute approximate surface area is 130 Å². The Balaban J connectivity index is 2.40. The monoisotopic (exact) mass is 300 g/mol. The zero-order valence-electron chi connectivity index (χ0n) is 13.0. The number of pyridine rings is 1. The molecule has 0 radical (unpaired) electrons. The number of para-hydroxylation sites is 1. The van der Waals surface area contributed by atoms with Crippen LogP contribution in [0.15, 0.2) is 36.4 Å². The number of ether oxygens (including phenoxy) is 1. The summed E-state index contributed by atoms with van der Waals surface area (Å²) in [5.41, 5.74) is 3.38. The maximum atomic E-state index is 11.6. The third kappa shape index (κ3) is 3.36. The van der Waals surface area contributed by atoms with Crippen molar-refractivity contribution in [3.05, 3.63) is 53.2 Å². The summed E-state index contributed by atoms with van der Waals surface area (Å²) in [7, 11) is 1.55. The molecule has 1 amide bonds. The first kappa shape index (κ1) is 15.8. The van der Waals surface area contributed by atoms with Crippen molar-refractivity contribution in [1.82, 2.24) is 4.98 Å². The predicted molar refractivity (Wildman–Crippen MR) is 85.6 cm³/mol. The third-order valence-electron chi connectivity index (χ3n) is 3.56. The minimum Gasteiger partial charge on any atom is -0.481 e. The second kappa shape index (κ2) is 6.93. The van der Waals surface area contributed by atoms with Crippen LogP contribution in [0.5, 0.6) is 5.88 Å². The van der Waals surface area contributed by atoms with E-state index in [1.54, 1.807) is 19.2 Å². The summed E-state index contributed by atoms with van der Waals surface area (Å²) in [6.07, 6.45) is -0.166. The normalized spacial score (nSPS) is 10.3. The fraction of sp³-hybridized carbons (Fsp3) is 0.294. The molecule has 0 fully saturated rings. The van der Waals surface area contributed by atoms with Crippen molar-refractivity contribution in [2.24, 2.45) is 0 Å². The van der Waals surface area contributed by atoms with Crippen LogP contribution >= 0.6 is 0 Å². The second-order valence-electron chi connectivity index (χ2n) is 4.96. The Hall–Kier alpha value is -2.56. The average Bonchev–Trinajstić information content (AvgIpc) is 2.53. The minimum absolute atomic E-state index is 0.197. The first-order valence-corrected chi connectivity index (χ1v) is 7.15. The van der Waals surface area contributed by atoms with Gasteiger partial charge in [-0.15, -0.1) is 0 Å². The second-order valence-corrected chi connectivity index (χ2v) is 4.96. The molecule has 1 heterocycles. The number of hydrogen-bond donors (Lipinski definition) is 1. The van der Waals surface area contributed by atoms with Gasteiger partial charge in [0.25, 0.3) is 0 Å². The Bertz CT molecular complexity index is 656. The van der Waals surface area contributed by atoms with E-state index in [-0.39, 0.29) is 6.54 Å². The lowest BCUT2D eigenvalue weighted by atomic mass is 10.1. The molecule has 0 saturated carbocycles. The Morgan fingerprint density at radius 2 is 1.95 bits per heavy atom. The molecule has 0 saturated heterocycles. The van der Waals surface area contributed by atoms with Crippen LogP contribution in [0.2, 0.25) is 0 Å². The molecule has 0 aliphatic carbocycles. The molecule has 5 heteroatoms. The number of carbonyl (C=O) groups is 1. The van der Waals surface area contributed by atoms with Crippen molar-refractivity contribution in [1.29, 1.82) is 0 Å². The smallest absolute Gasteiger partial charge is 0.412 e. The number of hydrogen-bond acceptors (Lipinski definition) is 3. The van der Waals surface area contributed by atoms with E-state index in [0.29, 0.717) is 11.6 Å². The van der Waals surface area contributed by atoms with Gasteiger partial charge in [0.05, 0.1) is 13.7 Å². The molecule has 5 nitrogen and oxygen atoms in total. The average molecular weight is 300 g/mol. The summed E-state index contributed by atoms with van der Waals surface area (Å²) in [6, 6.07) is 11.0. The quantitative estimate of drug-likeness (QED) is 0.915. The van der Waals surface area contributed by atoms with Gasteiger partial charge in [0.1, 0.15) is 0 Å². The van der Waals surface area contributed by atoms with Gasteiger partial charge in [-0.25, -0.2) is 9.78 Å². The first-order valence-electron chi connectivity index (χ1n) is 7.15. The van der Waals surface area contributed by atoms with Crippen molar-refractivity contribution >= 4 is 11.8 Å². The largest absolute Gasteiger partial charge is 0.481 e. The van der Waals surface area contributed by atoms with Gasteiger partial charge in [0.2, 0.25) is 5.88 Å². The maximum absolute atomic E-state index is 11.6. The Kier molecular flexibility index (Phi) is 4.99. The molecular weight excluding hydrogens is 280 g/mol. The molecule has 0 bridgehead atoms. The van der Waals surface area contributed by atoms with Crippen LogP contribution in [0.25, 0.3) is 0 Å². The summed E-state index contributed by atoms with van der Waals surface area (Å²) >= 11 is 0. The number of nitrogens with zero attached hydrogens (tertiary/aromatic N) is 2. The molecule has 0 unspecified atom stereocenters. The van der Waals surface area contributed by atoms with Crippen molar-refractivity contribution in [2.75, 3.05) is 12.0 Å². The SMILES string of the molecule is CCc1cc(CN(C(=O)O)c2ccccc2)c(OC)nc1C. The van der Waals surface area contributed by atoms with Gasteiger partial charge in [0.15, 0.2) is 0 Å². The van der Waals surface area contributed by atoms with Crippen molar-refractivity contribution in [3.8, 4) is 5.88 Å². The number of carboxylic acid groups (broad SMARTS) is 1. The van der Waals surface area contributed by atoms with Crippen LogP contribution in [0.3, 0.4) is 0 Å². The van der Waals surface area contributed by atoms with Gasteiger partial charge >= 0.3 is 6.09 Å². The Morgan fingerprint density at radius 1 is 1.27 bits per heavy atom. The van der Waals surface area contributed by atoms with Crippen LogP contribution < -0.4 is 9.64 Å². The van der Waals surface area contributed by atoms with Crippen molar-refractivity contribution < 1.29 is 14.6 Å². The molecule has 116 valence electrons. The van der Waals surface area contributed by atoms with E-state index in [1.807, 2.05) is 38.1 Å². The van der Waals surface area contributed by atoms with Crippen LogP contribution in [0, 0.1) is 6.92 Å². The highest BCUT2D eigenvalue weighted by molar-refractivity contribution is 5.85. The van der Waals surface area contributed by atoms with Crippen LogP contribution in [-0.2, 0) is 13.0 Å². The molecule has 0 aliphatic rings. The maximum Gasteiger partial charge on any atom is 0.412 e. The topological polar surface area (TPSA) is 62.7 Å². The lowest BCUT2D eigenvalue weighted by Crippen LogP contribution is -2.29. The van der Waals surface area contributed by atoms with Crippen molar-refractivity contribution in [2.45, 2.75) is 26.8 Å². The minimum atomic E-state index is -1.01. The molecule has 1 aromatic carbocycles. The summed E-state index contributed by atoms with van der Waals surface area (Å²) in [5.74, 6) is 0.469. The van der Waals surface area contributed by atoms with E-state index in [4.69, 9.17) is 4.74 Å². The molecule has 1 aromatic heterocycles. The number of methoxy groups -OCH3 is 1. The van der Waals surface area contributed by atoms with E-state index in [2.05, 4.69) is 4.98 Å². The van der Waals surface area contributed by atoms with Crippen molar-refractivity contribution in [3.63, 3.8) is 0 Å². The zero-order chi connectivity index (χ0) is 16.1. The number of aryl methyl sites for hydroxylation is 2. The number of aromatic nitrogens is 1. The number of benzene rings is 1. The van der Waals surface area contributed by atoms with Gasteiger partial charge < -0.3 is 9.84 Å². The van der Waals surface area contributed by atoms with Gasteiger partial charge in [-0.3, -0.25) is 4.90 Å². The number of anilines is 1. The summed E-state index contributed by atoms with van der Waals surface area (Å²) in [5, 5.41) is 9.50. The summed E-state index contributed by atoms with van der Waals surface area (Å²) < 4.78 is 5.31. The molecule has 0 spiro atoms. The number of rotatable bonds is 5. The van der Waals surface area contributed by atoms with E-state index in [1.165, 1.54) is 4.90 Å². The molecule has 0 aliphatic heterocycles. The number of amides is 1. The van der Waals surface area contributed by atoms with Crippen LogP contribution in [0.1, 0.15) is 23.7 Å². The van der Waals surface area contributed by atoms with Crippen LogP contribution in [-0.4, -0.2) is 23.3 Å². The fourth-order valence-corrected chi connectivity index (χ4v) is 2.37. The lowest BCUT2D eigenvalue weighted by molar-refractivity contribution is 0.201. The Morgan fingerprint density at radius 3 is 2.50 bits per heavy atom. The van der Waals surface area contributed by atoms with Crippen LogP contribution in [0.4, 0.5) is 10.5 Å². The van der Waals surface area contributed by atoms with Gasteiger partial charge in [-0.1, -0.05) is 25.1 Å². The lowest BCUT2D eigenvalue weighted by Gasteiger charge is -2.21. The van der Waals surface area contributed by atoms with E-state index in [9.17, 15) is 9.90 Å². The van der Waals surface area contributed by atoms with Gasteiger partial charge in [0, 0.05) is 16.9 Å². The molecular formula is C17H20N2O3. The van der Waals surface area contributed by atoms with E-state index >= 15 is 0 Å². The molecule has 2 aromatic rings. The molecule has 1 N–H and O–H groups in total. The first-order chi connectivity index (χ1) is 10.6. The highest BCUT2D eigenvalue weighted by atomic mass is 16.5. The molecule has 22 heavy (non-hydrogen) atoms. The van der Waals surface area contributed by atoms with Gasteiger partial charge in [-0.2, -0.15) is 0 Å². The van der Waals surface area contributed by atoms with Gasteiger partial charge in [-0.05, 0) is 37.1 Å². The fourth-order valence-electron chi connectivity index (χ4n) is 2.37. The third-order valence-corrected chi connectivity index (χ3v) is 3.56. The van der Waals surface area contributed by atoms with E-state index in [0.717, 1.165) is 23.2 Å². The summed E-state index contributed by atoms with van der Waals surface area (Å²) in [4.78, 5) is 17.3. The highest BCUT2D eigenvalue weighted by Gasteiger charge is 2.18.